The zero-order valence-corrected chi connectivity index (χ0v) is 19.4. The number of aromatic nitrogens is 1. The SMILES string of the molecule is CCOc1ccc(/C(O)=C2\C(=O)C(=O)N(CCN(C)C)C2c2c[nH]c3ccccc23)cc1C. The van der Waals surface area contributed by atoms with E-state index in [0.29, 0.717) is 31.0 Å². The molecule has 172 valence electrons. The highest BCUT2D eigenvalue weighted by Crippen LogP contribution is 2.42. The molecule has 1 aromatic heterocycles. The average molecular weight is 448 g/mol. The van der Waals surface area contributed by atoms with Gasteiger partial charge in [0.1, 0.15) is 11.5 Å². The van der Waals surface area contributed by atoms with Crippen molar-refractivity contribution in [2.75, 3.05) is 33.8 Å². The molecule has 0 saturated carbocycles. The molecule has 0 aliphatic carbocycles. The van der Waals surface area contributed by atoms with Crippen molar-refractivity contribution in [3.63, 3.8) is 0 Å². The number of aryl methyl sites for hydroxylation is 1. The van der Waals surface area contributed by atoms with E-state index in [9.17, 15) is 14.7 Å². The van der Waals surface area contributed by atoms with Crippen molar-refractivity contribution in [2.45, 2.75) is 19.9 Å². The minimum absolute atomic E-state index is 0.104. The third-order valence-electron chi connectivity index (χ3n) is 5.99. The van der Waals surface area contributed by atoms with Crippen LogP contribution >= 0.6 is 0 Å². The number of hydrogen-bond acceptors (Lipinski definition) is 5. The van der Waals surface area contributed by atoms with Crippen LogP contribution in [-0.2, 0) is 9.59 Å². The van der Waals surface area contributed by atoms with Gasteiger partial charge < -0.3 is 24.6 Å². The van der Waals surface area contributed by atoms with Crippen molar-refractivity contribution in [2.24, 2.45) is 0 Å². The first-order valence-electron chi connectivity index (χ1n) is 11.1. The number of likely N-dealkylation sites (N-methyl/N-ethyl adjacent to an activating group) is 1. The highest BCUT2D eigenvalue weighted by atomic mass is 16.5. The molecule has 1 atom stereocenters. The Bertz CT molecular complexity index is 1240. The van der Waals surface area contributed by atoms with Crippen LogP contribution in [0.3, 0.4) is 0 Å². The van der Waals surface area contributed by atoms with Gasteiger partial charge in [0.2, 0.25) is 0 Å². The van der Waals surface area contributed by atoms with Gasteiger partial charge in [0.15, 0.2) is 0 Å². The molecular formula is C26H29N3O4. The lowest BCUT2D eigenvalue weighted by Gasteiger charge is -2.26. The van der Waals surface area contributed by atoms with E-state index >= 15 is 0 Å². The van der Waals surface area contributed by atoms with E-state index < -0.39 is 17.7 Å². The van der Waals surface area contributed by atoms with Crippen LogP contribution in [0.5, 0.6) is 5.75 Å². The fourth-order valence-corrected chi connectivity index (χ4v) is 4.33. The number of fused-ring (bicyclic) bond motifs is 1. The van der Waals surface area contributed by atoms with E-state index in [-0.39, 0.29) is 11.3 Å². The number of benzene rings is 2. The normalized spacial score (nSPS) is 18.0. The average Bonchev–Trinajstić information content (AvgIpc) is 3.32. The summed E-state index contributed by atoms with van der Waals surface area (Å²) in [5.74, 6) is -0.736. The molecule has 1 unspecified atom stereocenters. The van der Waals surface area contributed by atoms with Crippen molar-refractivity contribution in [3.8, 4) is 5.75 Å². The second-order valence-electron chi connectivity index (χ2n) is 8.50. The summed E-state index contributed by atoms with van der Waals surface area (Å²) in [5, 5.41) is 12.2. The monoisotopic (exact) mass is 447 g/mol. The molecule has 4 rings (SSSR count). The number of aliphatic hydroxyl groups excluding tert-OH is 1. The van der Waals surface area contributed by atoms with Crippen LogP contribution in [0.25, 0.3) is 16.7 Å². The molecule has 2 aromatic carbocycles. The summed E-state index contributed by atoms with van der Waals surface area (Å²) in [6, 6.07) is 12.3. The number of hydrogen-bond donors (Lipinski definition) is 2. The summed E-state index contributed by atoms with van der Waals surface area (Å²) >= 11 is 0. The highest BCUT2D eigenvalue weighted by molar-refractivity contribution is 6.46. The van der Waals surface area contributed by atoms with E-state index in [1.54, 1.807) is 23.1 Å². The van der Waals surface area contributed by atoms with Crippen molar-refractivity contribution < 1.29 is 19.4 Å². The number of nitrogens with zero attached hydrogens (tertiary/aromatic N) is 2. The van der Waals surface area contributed by atoms with Crippen molar-refractivity contribution in [3.05, 3.63) is 70.9 Å². The molecule has 2 heterocycles. The van der Waals surface area contributed by atoms with Gasteiger partial charge in [-0.2, -0.15) is 0 Å². The lowest BCUT2D eigenvalue weighted by Crippen LogP contribution is -2.35. The first kappa shape index (κ1) is 22.6. The second kappa shape index (κ2) is 9.11. The van der Waals surface area contributed by atoms with Crippen LogP contribution in [0.1, 0.15) is 29.7 Å². The summed E-state index contributed by atoms with van der Waals surface area (Å²) in [6.45, 7) is 5.27. The van der Waals surface area contributed by atoms with Crippen molar-refractivity contribution >= 4 is 28.4 Å². The van der Waals surface area contributed by atoms with Crippen LogP contribution < -0.4 is 4.74 Å². The van der Waals surface area contributed by atoms with Crippen LogP contribution in [0.2, 0.25) is 0 Å². The van der Waals surface area contributed by atoms with E-state index in [1.165, 1.54) is 0 Å². The Balaban J connectivity index is 1.88. The quantitative estimate of drug-likeness (QED) is 0.326. The number of likely N-dealkylation sites (tertiary alicyclic amines) is 1. The molecule has 7 nitrogen and oxygen atoms in total. The Morgan fingerprint density at radius 2 is 1.94 bits per heavy atom. The Morgan fingerprint density at radius 3 is 2.64 bits per heavy atom. The summed E-state index contributed by atoms with van der Waals surface area (Å²) in [6.07, 6.45) is 1.82. The van der Waals surface area contributed by atoms with E-state index in [4.69, 9.17) is 4.74 Å². The van der Waals surface area contributed by atoms with Gasteiger partial charge in [-0.3, -0.25) is 9.59 Å². The number of amides is 1. The van der Waals surface area contributed by atoms with Gasteiger partial charge in [0.05, 0.1) is 18.2 Å². The number of aromatic amines is 1. The molecule has 1 amide bonds. The standard InChI is InChI=1S/C26H29N3O4/c1-5-33-21-11-10-17(14-16(21)2)24(30)22-23(19-15-27-20-9-7-6-8-18(19)20)29(13-12-28(3)4)26(32)25(22)31/h6-11,14-15,23,27,30H,5,12-13H2,1-4H3/b24-22+. The van der Waals surface area contributed by atoms with Gasteiger partial charge in [0, 0.05) is 41.3 Å². The lowest BCUT2D eigenvalue weighted by atomic mass is 9.94. The highest BCUT2D eigenvalue weighted by Gasteiger charge is 2.46. The Labute approximate surface area is 193 Å². The summed E-state index contributed by atoms with van der Waals surface area (Å²) < 4.78 is 5.60. The molecule has 0 bridgehead atoms. The minimum atomic E-state index is -0.687. The number of rotatable bonds is 7. The van der Waals surface area contributed by atoms with Gasteiger partial charge in [-0.25, -0.2) is 0 Å². The molecule has 1 aliphatic rings. The molecule has 3 aromatic rings. The Kier molecular flexibility index (Phi) is 6.24. The number of nitrogens with one attached hydrogen (secondary N) is 1. The summed E-state index contributed by atoms with van der Waals surface area (Å²) in [7, 11) is 3.83. The van der Waals surface area contributed by atoms with Gasteiger partial charge in [-0.1, -0.05) is 18.2 Å². The van der Waals surface area contributed by atoms with Gasteiger partial charge in [-0.15, -0.1) is 0 Å². The maximum Gasteiger partial charge on any atom is 0.295 e. The van der Waals surface area contributed by atoms with Crippen LogP contribution in [0.15, 0.2) is 54.2 Å². The number of Topliss-reactive ketones (excluding diaryl/α,β-unsaturated/α-hetero) is 1. The molecule has 7 heteroatoms. The Morgan fingerprint density at radius 1 is 1.18 bits per heavy atom. The third-order valence-corrected chi connectivity index (χ3v) is 5.99. The molecule has 1 fully saturated rings. The van der Waals surface area contributed by atoms with Crippen molar-refractivity contribution in [1.29, 1.82) is 0 Å². The van der Waals surface area contributed by atoms with Crippen molar-refractivity contribution in [1.82, 2.24) is 14.8 Å². The molecule has 2 N–H and O–H groups in total. The van der Waals surface area contributed by atoms with E-state index in [1.807, 2.05) is 63.3 Å². The third kappa shape index (κ3) is 4.12. The predicted octanol–water partition coefficient (Wildman–Crippen LogP) is 3.86. The Hall–Kier alpha value is -3.58. The number of aliphatic hydroxyl groups is 1. The minimum Gasteiger partial charge on any atom is -0.507 e. The largest absolute Gasteiger partial charge is 0.507 e. The molecule has 0 radical (unpaired) electrons. The number of ketones is 1. The number of H-pyrrole nitrogens is 1. The van der Waals surface area contributed by atoms with Crippen LogP contribution in [0, 0.1) is 6.92 Å². The zero-order valence-electron chi connectivity index (χ0n) is 19.4. The van der Waals surface area contributed by atoms with Gasteiger partial charge >= 0.3 is 0 Å². The fourth-order valence-electron chi connectivity index (χ4n) is 4.33. The number of carbonyl (C=O) groups is 2. The van der Waals surface area contributed by atoms with E-state index in [2.05, 4.69) is 4.98 Å². The first-order valence-corrected chi connectivity index (χ1v) is 11.1. The number of para-hydroxylation sites is 1. The van der Waals surface area contributed by atoms with E-state index in [0.717, 1.165) is 22.0 Å². The maximum atomic E-state index is 13.2. The zero-order chi connectivity index (χ0) is 23.7. The van der Waals surface area contributed by atoms with Crippen LogP contribution in [-0.4, -0.2) is 65.4 Å². The fraction of sp³-hybridized carbons (Fsp3) is 0.308. The second-order valence-corrected chi connectivity index (χ2v) is 8.50. The predicted molar refractivity (Wildman–Crippen MR) is 128 cm³/mol. The molecule has 0 spiro atoms. The topological polar surface area (TPSA) is 85.9 Å². The number of ether oxygens (including phenoxy) is 1. The first-order chi connectivity index (χ1) is 15.8. The van der Waals surface area contributed by atoms with Crippen LogP contribution in [0.4, 0.5) is 0 Å². The maximum absolute atomic E-state index is 13.2. The lowest BCUT2D eigenvalue weighted by molar-refractivity contribution is -0.140. The summed E-state index contributed by atoms with van der Waals surface area (Å²) in [5.41, 5.74) is 3.11. The number of carbonyl (C=O) groups excluding carboxylic acids is 2. The van der Waals surface area contributed by atoms with Gasteiger partial charge in [0.25, 0.3) is 11.7 Å². The molecule has 1 aliphatic heterocycles. The molecule has 1 saturated heterocycles. The molecule has 33 heavy (non-hydrogen) atoms. The summed E-state index contributed by atoms with van der Waals surface area (Å²) in [4.78, 5) is 33.1. The smallest absolute Gasteiger partial charge is 0.295 e. The van der Waals surface area contributed by atoms with Gasteiger partial charge in [-0.05, 0) is 57.8 Å². The molecular weight excluding hydrogens is 418 g/mol.